The molecule has 0 aliphatic heterocycles. The molecule has 1 N–H and O–H groups in total. The standard InChI is InChI=1S/C18H19NO4/c1-14-7-9-15(10-8-14)11-19(12-17(20)21)18(22)23-13-16-5-3-2-4-6-16/h2-10H,11-13H2,1H3,(H,20,21). The molecule has 5 heteroatoms. The number of rotatable bonds is 6. The third kappa shape index (κ3) is 5.47. The van der Waals surface area contributed by atoms with E-state index in [0.717, 1.165) is 16.7 Å². The highest BCUT2D eigenvalue weighted by Crippen LogP contribution is 2.09. The van der Waals surface area contributed by atoms with Gasteiger partial charge in [0.15, 0.2) is 0 Å². The topological polar surface area (TPSA) is 66.8 Å². The van der Waals surface area contributed by atoms with Crippen molar-refractivity contribution in [3.05, 3.63) is 71.3 Å². The summed E-state index contributed by atoms with van der Waals surface area (Å²) in [5.41, 5.74) is 2.81. The molecule has 0 unspecified atom stereocenters. The van der Waals surface area contributed by atoms with Gasteiger partial charge in [0.1, 0.15) is 13.2 Å². The number of carbonyl (C=O) groups excluding carboxylic acids is 1. The largest absolute Gasteiger partial charge is 0.480 e. The maximum Gasteiger partial charge on any atom is 0.410 e. The van der Waals surface area contributed by atoms with Crippen LogP contribution in [0.3, 0.4) is 0 Å². The third-order valence-electron chi connectivity index (χ3n) is 3.28. The summed E-state index contributed by atoms with van der Waals surface area (Å²) >= 11 is 0. The van der Waals surface area contributed by atoms with Crippen LogP contribution >= 0.6 is 0 Å². The van der Waals surface area contributed by atoms with E-state index in [1.807, 2.05) is 61.5 Å². The van der Waals surface area contributed by atoms with Crippen LogP contribution in [0.2, 0.25) is 0 Å². The number of carboxylic acids is 1. The molecule has 0 saturated carbocycles. The van der Waals surface area contributed by atoms with Gasteiger partial charge in [0.05, 0.1) is 0 Å². The van der Waals surface area contributed by atoms with Crippen LogP contribution in [0.5, 0.6) is 0 Å². The molecule has 0 fully saturated rings. The van der Waals surface area contributed by atoms with Gasteiger partial charge in [-0.3, -0.25) is 9.69 Å². The van der Waals surface area contributed by atoms with E-state index in [9.17, 15) is 9.59 Å². The zero-order valence-electron chi connectivity index (χ0n) is 12.9. The molecule has 0 aliphatic rings. The molecule has 5 nitrogen and oxygen atoms in total. The van der Waals surface area contributed by atoms with E-state index in [1.54, 1.807) is 0 Å². The molecule has 0 spiro atoms. The molecule has 2 aromatic rings. The fraction of sp³-hybridized carbons (Fsp3) is 0.222. The van der Waals surface area contributed by atoms with Crippen LogP contribution < -0.4 is 0 Å². The Kier molecular flexibility index (Phi) is 5.74. The Labute approximate surface area is 135 Å². The summed E-state index contributed by atoms with van der Waals surface area (Å²) in [5.74, 6) is -1.08. The molecule has 120 valence electrons. The average molecular weight is 313 g/mol. The molecule has 23 heavy (non-hydrogen) atoms. The number of carboxylic acid groups (broad SMARTS) is 1. The Balaban J connectivity index is 2.00. The highest BCUT2D eigenvalue weighted by Gasteiger charge is 2.18. The maximum absolute atomic E-state index is 12.2. The summed E-state index contributed by atoms with van der Waals surface area (Å²) in [4.78, 5) is 24.3. The summed E-state index contributed by atoms with van der Waals surface area (Å²) in [7, 11) is 0. The number of aryl methyl sites for hydroxylation is 1. The van der Waals surface area contributed by atoms with E-state index in [2.05, 4.69) is 0 Å². The zero-order valence-corrected chi connectivity index (χ0v) is 12.9. The minimum absolute atomic E-state index is 0.115. The second kappa shape index (κ2) is 7.98. The van der Waals surface area contributed by atoms with Crippen molar-refractivity contribution in [2.24, 2.45) is 0 Å². The number of hydrogen-bond donors (Lipinski definition) is 1. The van der Waals surface area contributed by atoms with Gasteiger partial charge >= 0.3 is 12.1 Å². The summed E-state index contributed by atoms with van der Waals surface area (Å²) in [5, 5.41) is 8.99. The summed E-state index contributed by atoms with van der Waals surface area (Å²) in [6.45, 7) is 1.87. The molecule has 2 aromatic carbocycles. The van der Waals surface area contributed by atoms with Crippen LogP contribution in [0, 0.1) is 6.92 Å². The van der Waals surface area contributed by atoms with E-state index in [4.69, 9.17) is 9.84 Å². The van der Waals surface area contributed by atoms with Gasteiger partial charge in [-0.1, -0.05) is 60.2 Å². The quantitative estimate of drug-likeness (QED) is 0.889. The van der Waals surface area contributed by atoms with Gasteiger partial charge in [0.25, 0.3) is 0 Å². The minimum atomic E-state index is -1.08. The van der Waals surface area contributed by atoms with Gasteiger partial charge in [0, 0.05) is 6.54 Å². The molecule has 0 radical (unpaired) electrons. The summed E-state index contributed by atoms with van der Waals surface area (Å²) in [6.07, 6.45) is -0.642. The smallest absolute Gasteiger partial charge is 0.410 e. The lowest BCUT2D eigenvalue weighted by atomic mass is 10.1. The van der Waals surface area contributed by atoms with Crippen molar-refractivity contribution in [1.82, 2.24) is 4.90 Å². The van der Waals surface area contributed by atoms with Crippen LogP contribution in [-0.2, 0) is 22.7 Å². The second-order valence-corrected chi connectivity index (χ2v) is 5.28. The predicted octanol–water partition coefficient (Wildman–Crippen LogP) is 3.22. The van der Waals surface area contributed by atoms with Gasteiger partial charge in [-0.2, -0.15) is 0 Å². The molecular weight excluding hydrogens is 294 g/mol. The lowest BCUT2D eigenvalue weighted by molar-refractivity contribution is -0.138. The summed E-state index contributed by atoms with van der Waals surface area (Å²) < 4.78 is 5.21. The van der Waals surface area contributed by atoms with Gasteiger partial charge in [-0.15, -0.1) is 0 Å². The van der Waals surface area contributed by atoms with Crippen molar-refractivity contribution in [3.8, 4) is 0 Å². The molecule has 1 amide bonds. The Morgan fingerprint density at radius 1 is 1.00 bits per heavy atom. The summed E-state index contributed by atoms with van der Waals surface area (Å²) in [6, 6.07) is 16.8. The molecule has 0 aromatic heterocycles. The SMILES string of the molecule is Cc1ccc(CN(CC(=O)O)C(=O)OCc2ccccc2)cc1. The molecule has 0 saturated heterocycles. The first-order valence-electron chi connectivity index (χ1n) is 7.27. The Hall–Kier alpha value is -2.82. The minimum Gasteiger partial charge on any atom is -0.480 e. The van der Waals surface area contributed by atoms with E-state index in [0.29, 0.717) is 0 Å². The lowest BCUT2D eigenvalue weighted by Crippen LogP contribution is -2.35. The first kappa shape index (κ1) is 16.5. The highest BCUT2D eigenvalue weighted by atomic mass is 16.6. The monoisotopic (exact) mass is 313 g/mol. The van der Waals surface area contributed by atoms with Crippen molar-refractivity contribution in [2.45, 2.75) is 20.1 Å². The van der Waals surface area contributed by atoms with E-state index >= 15 is 0 Å². The zero-order chi connectivity index (χ0) is 16.7. The number of carbonyl (C=O) groups is 2. The van der Waals surface area contributed by atoms with Crippen LogP contribution in [0.1, 0.15) is 16.7 Å². The van der Waals surface area contributed by atoms with Gasteiger partial charge in [0.2, 0.25) is 0 Å². The third-order valence-corrected chi connectivity index (χ3v) is 3.28. The Morgan fingerprint density at radius 2 is 1.65 bits per heavy atom. The molecule has 0 aliphatic carbocycles. The van der Waals surface area contributed by atoms with Gasteiger partial charge in [-0.05, 0) is 18.1 Å². The molecular formula is C18H19NO4. The van der Waals surface area contributed by atoms with Crippen LogP contribution in [0.15, 0.2) is 54.6 Å². The van der Waals surface area contributed by atoms with E-state index in [-0.39, 0.29) is 13.2 Å². The first-order valence-corrected chi connectivity index (χ1v) is 7.27. The molecule has 2 rings (SSSR count). The first-order chi connectivity index (χ1) is 11.0. The number of nitrogens with zero attached hydrogens (tertiary/aromatic N) is 1. The normalized spacial score (nSPS) is 10.1. The number of ether oxygens (including phenoxy) is 1. The Bertz CT molecular complexity index is 652. The van der Waals surface area contributed by atoms with Crippen molar-refractivity contribution < 1.29 is 19.4 Å². The fourth-order valence-electron chi connectivity index (χ4n) is 2.07. The maximum atomic E-state index is 12.2. The predicted molar refractivity (Wildman–Crippen MR) is 85.9 cm³/mol. The molecule has 0 heterocycles. The lowest BCUT2D eigenvalue weighted by Gasteiger charge is -2.20. The van der Waals surface area contributed by atoms with Crippen molar-refractivity contribution >= 4 is 12.1 Å². The number of amides is 1. The van der Waals surface area contributed by atoms with Crippen molar-refractivity contribution in [3.63, 3.8) is 0 Å². The Morgan fingerprint density at radius 3 is 2.26 bits per heavy atom. The van der Waals surface area contributed by atoms with Crippen LogP contribution in [0.25, 0.3) is 0 Å². The number of benzene rings is 2. The van der Waals surface area contributed by atoms with Gasteiger partial charge < -0.3 is 9.84 Å². The van der Waals surface area contributed by atoms with Crippen molar-refractivity contribution in [2.75, 3.05) is 6.54 Å². The van der Waals surface area contributed by atoms with E-state index in [1.165, 1.54) is 4.90 Å². The van der Waals surface area contributed by atoms with E-state index < -0.39 is 18.6 Å². The fourth-order valence-corrected chi connectivity index (χ4v) is 2.07. The average Bonchev–Trinajstić information content (AvgIpc) is 2.54. The number of aliphatic carboxylic acids is 1. The van der Waals surface area contributed by atoms with Gasteiger partial charge in [-0.25, -0.2) is 4.79 Å². The molecule has 0 bridgehead atoms. The van der Waals surface area contributed by atoms with Crippen molar-refractivity contribution in [1.29, 1.82) is 0 Å². The number of hydrogen-bond acceptors (Lipinski definition) is 3. The van der Waals surface area contributed by atoms with Crippen LogP contribution in [-0.4, -0.2) is 28.6 Å². The highest BCUT2D eigenvalue weighted by molar-refractivity contribution is 5.76. The van der Waals surface area contributed by atoms with Crippen LogP contribution in [0.4, 0.5) is 4.79 Å². The molecule has 0 atom stereocenters. The second-order valence-electron chi connectivity index (χ2n) is 5.28.